The Morgan fingerprint density at radius 3 is 2.78 bits per heavy atom. The maximum Gasteiger partial charge on any atom is 0.218 e. The molecule has 2 rings (SSSR count). The van der Waals surface area contributed by atoms with Gasteiger partial charge in [0.2, 0.25) is 5.88 Å². The molecule has 94 valence electrons. The first-order valence-electron chi connectivity index (χ1n) is 5.27. The van der Waals surface area contributed by atoms with Crippen LogP contribution in [-0.4, -0.2) is 4.98 Å². The molecule has 0 saturated heterocycles. The van der Waals surface area contributed by atoms with Crippen LogP contribution >= 0.6 is 27.5 Å². The van der Waals surface area contributed by atoms with Crippen LogP contribution in [-0.2, 0) is 12.5 Å². The molecule has 2 aromatic rings. The van der Waals surface area contributed by atoms with Crippen LogP contribution < -0.4 is 4.74 Å². The first-order valence-corrected chi connectivity index (χ1v) is 6.60. The van der Waals surface area contributed by atoms with E-state index in [9.17, 15) is 4.39 Å². The van der Waals surface area contributed by atoms with Crippen molar-refractivity contribution in [3.8, 4) is 5.88 Å². The lowest BCUT2D eigenvalue weighted by molar-refractivity contribution is 0.289. The molecule has 0 atom stereocenters. The molecule has 2 nitrogen and oxygen atoms in total. The highest BCUT2D eigenvalue weighted by Gasteiger charge is 2.07. The quantitative estimate of drug-likeness (QED) is 0.780. The fraction of sp³-hybridized carbons (Fsp3) is 0.154. The summed E-state index contributed by atoms with van der Waals surface area (Å²) in [5.41, 5.74) is 1.54. The summed E-state index contributed by atoms with van der Waals surface area (Å²) in [5.74, 6) is 0.108. The van der Waals surface area contributed by atoms with Crippen LogP contribution in [0.5, 0.6) is 5.88 Å². The van der Waals surface area contributed by atoms with Gasteiger partial charge in [0, 0.05) is 15.6 Å². The Labute approximate surface area is 118 Å². The van der Waals surface area contributed by atoms with Crippen molar-refractivity contribution in [2.24, 2.45) is 0 Å². The normalized spacial score (nSPS) is 10.4. The zero-order valence-electron chi connectivity index (χ0n) is 9.37. The van der Waals surface area contributed by atoms with Crippen molar-refractivity contribution >= 4 is 27.5 Å². The second-order valence-electron chi connectivity index (χ2n) is 3.63. The van der Waals surface area contributed by atoms with Crippen molar-refractivity contribution in [3.05, 3.63) is 57.9 Å². The second kappa shape index (κ2) is 6.16. The van der Waals surface area contributed by atoms with Crippen LogP contribution in [0.25, 0.3) is 0 Å². The Balaban J connectivity index is 2.13. The Bertz CT molecular complexity index is 550. The lowest BCUT2D eigenvalue weighted by Gasteiger charge is -2.09. The van der Waals surface area contributed by atoms with Gasteiger partial charge in [-0.1, -0.05) is 34.1 Å². The molecule has 0 aliphatic heterocycles. The molecule has 0 N–H and O–H groups in total. The summed E-state index contributed by atoms with van der Waals surface area (Å²) in [6.45, 7) is 0.351. The molecule has 0 fully saturated rings. The number of hydrogen-bond acceptors (Lipinski definition) is 2. The molecule has 18 heavy (non-hydrogen) atoms. The molecule has 1 aromatic carbocycles. The molecule has 0 saturated carbocycles. The van der Waals surface area contributed by atoms with E-state index < -0.39 is 5.82 Å². The topological polar surface area (TPSA) is 22.1 Å². The molecule has 1 aromatic heterocycles. The smallest absolute Gasteiger partial charge is 0.218 e. The van der Waals surface area contributed by atoms with Gasteiger partial charge < -0.3 is 4.74 Å². The molecule has 0 bridgehead atoms. The van der Waals surface area contributed by atoms with E-state index in [-0.39, 0.29) is 5.88 Å². The number of aromatic nitrogens is 1. The van der Waals surface area contributed by atoms with Crippen LogP contribution in [0.15, 0.2) is 41.0 Å². The average Bonchev–Trinajstić information content (AvgIpc) is 2.39. The molecule has 0 radical (unpaired) electrons. The summed E-state index contributed by atoms with van der Waals surface area (Å²) in [4.78, 5) is 3.90. The van der Waals surface area contributed by atoms with Crippen molar-refractivity contribution in [1.82, 2.24) is 4.98 Å². The third-order valence-electron chi connectivity index (χ3n) is 2.36. The maximum atomic E-state index is 13.0. The van der Waals surface area contributed by atoms with Gasteiger partial charge in [0.05, 0.1) is 12.1 Å². The van der Waals surface area contributed by atoms with Gasteiger partial charge in [-0.05, 0) is 12.1 Å². The predicted octanol–water partition coefficient (Wildman–Crippen LogP) is 4.30. The number of halogens is 3. The summed E-state index contributed by atoms with van der Waals surface area (Å²) >= 11 is 9.15. The van der Waals surface area contributed by atoms with Gasteiger partial charge >= 0.3 is 0 Å². The number of benzene rings is 1. The van der Waals surface area contributed by atoms with Crippen molar-refractivity contribution < 1.29 is 9.13 Å². The van der Waals surface area contributed by atoms with E-state index in [1.54, 1.807) is 0 Å². The van der Waals surface area contributed by atoms with Crippen LogP contribution in [0, 0.1) is 5.82 Å². The first-order chi connectivity index (χ1) is 8.70. The highest BCUT2D eigenvalue weighted by molar-refractivity contribution is 9.10. The summed E-state index contributed by atoms with van der Waals surface area (Å²) in [5, 5.41) is 0. The summed E-state index contributed by atoms with van der Waals surface area (Å²) in [6.07, 6.45) is 1.12. The number of rotatable bonds is 4. The molecular weight excluding hydrogens is 321 g/mol. The maximum absolute atomic E-state index is 13.0. The van der Waals surface area contributed by atoms with E-state index in [0.29, 0.717) is 18.1 Å². The van der Waals surface area contributed by atoms with Gasteiger partial charge in [0.15, 0.2) is 0 Å². The van der Waals surface area contributed by atoms with Gasteiger partial charge in [0.25, 0.3) is 0 Å². The lowest BCUT2D eigenvalue weighted by atomic mass is 10.2. The van der Waals surface area contributed by atoms with Crippen LogP contribution in [0.4, 0.5) is 4.39 Å². The lowest BCUT2D eigenvalue weighted by Crippen LogP contribution is -2.01. The number of nitrogens with zero attached hydrogens (tertiary/aromatic N) is 1. The minimum absolute atomic E-state index is 0.163. The largest absolute Gasteiger partial charge is 0.473 e. The Morgan fingerprint density at radius 1 is 1.28 bits per heavy atom. The Hall–Kier alpha value is -1.13. The molecule has 0 unspecified atom stereocenters. The van der Waals surface area contributed by atoms with E-state index in [1.807, 2.05) is 24.3 Å². The first kappa shape index (κ1) is 13.3. The standard InChI is InChI=1S/C13H10BrClFNO/c14-12-4-2-1-3-9(12)8-18-13-10(6-15)5-11(16)7-17-13/h1-5,7H,6,8H2. The van der Waals surface area contributed by atoms with Gasteiger partial charge in [-0.25, -0.2) is 9.37 Å². The van der Waals surface area contributed by atoms with Gasteiger partial charge in [-0.3, -0.25) is 0 Å². The van der Waals surface area contributed by atoms with E-state index in [2.05, 4.69) is 20.9 Å². The third-order valence-corrected chi connectivity index (χ3v) is 3.42. The van der Waals surface area contributed by atoms with Gasteiger partial charge in [-0.2, -0.15) is 0 Å². The summed E-state index contributed by atoms with van der Waals surface area (Å²) in [7, 11) is 0. The number of alkyl halides is 1. The molecule has 5 heteroatoms. The van der Waals surface area contributed by atoms with Crippen molar-refractivity contribution in [3.63, 3.8) is 0 Å². The minimum Gasteiger partial charge on any atom is -0.473 e. The van der Waals surface area contributed by atoms with Crippen LogP contribution in [0.3, 0.4) is 0 Å². The predicted molar refractivity (Wildman–Crippen MR) is 72.2 cm³/mol. The monoisotopic (exact) mass is 329 g/mol. The molecule has 1 heterocycles. The van der Waals surface area contributed by atoms with Crippen molar-refractivity contribution in [1.29, 1.82) is 0 Å². The average molecular weight is 331 g/mol. The van der Waals surface area contributed by atoms with Crippen LogP contribution in [0.2, 0.25) is 0 Å². The van der Waals surface area contributed by atoms with E-state index in [1.165, 1.54) is 6.07 Å². The van der Waals surface area contributed by atoms with E-state index in [4.69, 9.17) is 16.3 Å². The number of ether oxygens (including phenoxy) is 1. The third kappa shape index (κ3) is 3.21. The fourth-order valence-corrected chi connectivity index (χ4v) is 2.05. The summed E-state index contributed by atoms with van der Waals surface area (Å²) in [6, 6.07) is 9.04. The van der Waals surface area contributed by atoms with Crippen LogP contribution in [0.1, 0.15) is 11.1 Å². The second-order valence-corrected chi connectivity index (χ2v) is 4.75. The molecule has 0 aliphatic carbocycles. The molecule has 0 spiro atoms. The van der Waals surface area contributed by atoms with E-state index in [0.717, 1.165) is 16.2 Å². The number of pyridine rings is 1. The SMILES string of the molecule is Fc1cnc(OCc2ccccc2Br)c(CCl)c1. The number of hydrogen-bond donors (Lipinski definition) is 0. The minimum atomic E-state index is -0.418. The van der Waals surface area contributed by atoms with Crippen molar-refractivity contribution in [2.75, 3.05) is 0 Å². The Kier molecular flexibility index (Phi) is 4.55. The summed E-state index contributed by atoms with van der Waals surface area (Å²) < 4.78 is 19.5. The fourth-order valence-electron chi connectivity index (χ4n) is 1.46. The highest BCUT2D eigenvalue weighted by atomic mass is 79.9. The highest BCUT2D eigenvalue weighted by Crippen LogP contribution is 2.22. The zero-order chi connectivity index (χ0) is 13.0. The Morgan fingerprint density at radius 2 is 2.06 bits per heavy atom. The molecule has 0 amide bonds. The van der Waals surface area contributed by atoms with Gasteiger partial charge in [-0.15, -0.1) is 11.6 Å². The van der Waals surface area contributed by atoms with Gasteiger partial charge in [0.1, 0.15) is 12.4 Å². The zero-order valence-corrected chi connectivity index (χ0v) is 11.7. The molecular formula is C13H10BrClFNO. The molecule has 0 aliphatic rings. The van der Waals surface area contributed by atoms with Crippen molar-refractivity contribution in [2.45, 2.75) is 12.5 Å². The van der Waals surface area contributed by atoms with E-state index >= 15 is 0 Å².